The maximum atomic E-state index is 12.7. The summed E-state index contributed by atoms with van der Waals surface area (Å²) >= 11 is 0. The monoisotopic (exact) mass is 479 g/mol. The zero-order valence-corrected chi connectivity index (χ0v) is 18.8. The number of hydrogen-bond acceptors (Lipinski definition) is 8. The van der Waals surface area contributed by atoms with Crippen LogP contribution in [0.25, 0.3) is 0 Å². The Morgan fingerprint density at radius 3 is 2.54 bits per heavy atom. The summed E-state index contributed by atoms with van der Waals surface area (Å²) in [6, 6.07) is 6.79. The number of rotatable bonds is 5. The largest absolute Gasteiger partial charge is 0.469 e. The van der Waals surface area contributed by atoms with Gasteiger partial charge in [0.1, 0.15) is 11.5 Å². The molecular formula is C23H21N5O7. The van der Waals surface area contributed by atoms with Gasteiger partial charge in [-0.25, -0.2) is 5.43 Å². The van der Waals surface area contributed by atoms with Crippen molar-refractivity contribution in [2.24, 2.45) is 5.10 Å². The van der Waals surface area contributed by atoms with Crippen LogP contribution in [0.3, 0.4) is 0 Å². The van der Waals surface area contributed by atoms with Crippen molar-refractivity contribution >= 4 is 29.1 Å². The molecule has 0 atom stereocenters. The predicted octanol–water partition coefficient (Wildman–Crippen LogP) is 2.94. The fourth-order valence-corrected chi connectivity index (χ4v) is 3.80. The molecule has 12 nitrogen and oxygen atoms in total. The Balaban J connectivity index is 1.49. The smallest absolute Gasteiger partial charge is 0.305 e. The quantitative estimate of drug-likeness (QED) is 0.373. The highest BCUT2D eigenvalue weighted by Crippen LogP contribution is 2.30. The van der Waals surface area contributed by atoms with Crippen molar-refractivity contribution in [3.8, 4) is 0 Å². The molecule has 1 aliphatic rings. The van der Waals surface area contributed by atoms with Crippen molar-refractivity contribution < 1.29 is 28.1 Å². The third-order valence-corrected chi connectivity index (χ3v) is 5.54. The lowest BCUT2D eigenvalue weighted by atomic mass is 9.93. The second-order valence-electron chi connectivity index (χ2n) is 7.81. The summed E-state index contributed by atoms with van der Waals surface area (Å²) in [5.41, 5.74) is 8.87. The molecule has 0 saturated heterocycles. The molecule has 1 aliphatic carbocycles. The molecule has 2 heterocycles. The van der Waals surface area contributed by atoms with Gasteiger partial charge in [-0.15, -0.1) is 0 Å². The molecule has 3 aromatic rings. The molecule has 3 N–H and O–H groups in total. The number of nitro benzene ring substituents is 1. The summed E-state index contributed by atoms with van der Waals surface area (Å²) in [5.74, 6) is -0.826. The van der Waals surface area contributed by atoms with Gasteiger partial charge in [0, 0.05) is 35.2 Å². The van der Waals surface area contributed by atoms with E-state index in [4.69, 9.17) is 8.83 Å². The highest BCUT2D eigenvalue weighted by Gasteiger charge is 2.28. The minimum absolute atomic E-state index is 0.0128. The van der Waals surface area contributed by atoms with Crippen LogP contribution in [0.4, 0.5) is 5.69 Å². The van der Waals surface area contributed by atoms with Crippen LogP contribution < -0.4 is 16.3 Å². The molecule has 0 aliphatic heterocycles. The van der Waals surface area contributed by atoms with Crippen molar-refractivity contribution in [1.29, 1.82) is 0 Å². The normalized spacial score (nSPS) is 13.7. The highest BCUT2D eigenvalue weighted by molar-refractivity contribution is 6.07. The third kappa shape index (κ3) is 4.81. The van der Waals surface area contributed by atoms with Crippen LogP contribution in [0.1, 0.15) is 66.8 Å². The van der Waals surface area contributed by atoms with Gasteiger partial charge in [-0.3, -0.25) is 35.3 Å². The Bertz CT molecular complexity index is 1370. The number of nitrogens with one attached hydrogen (secondary N) is 3. The van der Waals surface area contributed by atoms with Gasteiger partial charge in [-0.2, -0.15) is 5.10 Å². The van der Waals surface area contributed by atoms with E-state index in [0.717, 1.165) is 6.07 Å². The molecule has 1 aromatic carbocycles. The van der Waals surface area contributed by atoms with Crippen molar-refractivity contribution in [1.82, 2.24) is 16.3 Å². The van der Waals surface area contributed by atoms with Gasteiger partial charge in [-0.1, -0.05) is 6.07 Å². The standard InChI is InChI=1S/C23H21N5O7/c1-12-19-17(24-25-21(29)14-5-3-6-15(11-14)28(32)33)7-4-8-18(19)35-20(12)23(31)27-26-22(30)16-9-10-34-13(16)2/h3,5-6,9-11H,4,7-8H2,1-2H3,(H,25,29)(H,26,30)(H,27,31)/b24-17+. The van der Waals surface area contributed by atoms with E-state index in [9.17, 15) is 24.5 Å². The number of hydrazone groups is 1. The number of carbonyl (C=O) groups excluding carboxylic acids is 3. The number of fused-ring (bicyclic) bond motifs is 1. The van der Waals surface area contributed by atoms with E-state index >= 15 is 0 Å². The summed E-state index contributed by atoms with van der Waals surface area (Å²) in [4.78, 5) is 47.7. The molecular weight excluding hydrogens is 458 g/mol. The number of hydrazine groups is 1. The Morgan fingerprint density at radius 2 is 1.83 bits per heavy atom. The molecule has 0 unspecified atom stereocenters. The first-order valence-corrected chi connectivity index (χ1v) is 10.6. The second kappa shape index (κ2) is 9.63. The molecule has 0 spiro atoms. The molecule has 12 heteroatoms. The zero-order chi connectivity index (χ0) is 25.1. The van der Waals surface area contributed by atoms with Gasteiger partial charge in [0.25, 0.3) is 17.5 Å². The van der Waals surface area contributed by atoms with Crippen molar-refractivity contribution in [3.05, 3.63) is 86.2 Å². The molecule has 0 radical (unpaired) electrons. The summed E-state index contributed by atoms with van der Waals surface area (Å²) in [6.07, 6.45) is 3.15. The van der Waals surface area contributed by atoms with Gasteiger partial charge in [-0.05, 0) is 38.8 Å². The number of nitro groups is 1. The number of nitrogens with zero attached hydrogens (tertiary/aromatic N) is 2. The van der Waals surface area contributed by atoms with Crippen molar-refractivity contribution in [2.45, 2.75) is 33.1 Å². The summed E-state index contributed by atoms with van der Waals surface area (Å²) < 4.78 is 10.8. The molecule has 0 bridgehead atoms. The lowest BCUT2D eigenvalue weighted by Crippen LogP contribution is -2.41. The average Bonchev–Trinajstić information content (AvgIpc) is 3.44. The highest BCUT2D eigenvalue weighted by atomic mass is 16.6. The number of aryl methyl sites for hydroxylation is 2. The first-order chi connectivity index (χ1) is 16.8. The fraction of sp³-hybridized carbons (Fsp3) is 0.217. The molecule has 0 fully saturated rings. The summed E-state index contributed by atoms with van der Waals surface area (Å²) in [7, 11) is 0. The minimum atomic E-state index is -0.647. The molecule has 4 rings (SSSR count). The second-order valence-corrected chi connectivity index (χ2v) is 7.81. The Morgan fingerprint density at radius 1 is 1.06 bits per heavy atom. The van der Waals surface area contributed by atoms with E-state index in [1.807, 2.05) is 0 Å². The number of non-ortho nitro benzene ring substituents is 1. The van der Waals surface area contributed by atoms with Crippen LogP contribution in [-0.2, 0) is 6.42 Å². The van der Waals surface area contributed by atoms with Crippen molar-refractivity contribution in [3.63, 3.8) is 0 Å². The van der Waals surface area contributed by atoms with Crippen LogP contribution in [0.2, 0.25) is 0 Å². The predicted molar refractivity (Wildman–Crippen MR) is 122 cm³/mol. The number of carbonyl (C=O) groups is 3. The topological polar surface area (TPSA) is 169 Å². The Kier molecular flexibility index (Phi) is 6.44. The molecule has 0 saturated carbocycles. The summed E-state index contributed by atoms with van der Waals surface area (Å²) in [5, 5.41) is 15.1. The van der Waals surface area contributed by atoms with Crippen LogP contribution in [0.5, 0.6) is 0 Å². The van der Waals surface area contributed by atoms with E-state index in [2.05, 4.69) is 21.4 Å². The molecule has 2 aromatic heterocycles. The Labute approximate surface area is 198 Å². The van der Waals surface area contributed by atoms with Crippen molar-refractivity contribution in [2.75, 3.05) is 0 Å². The average molecular weight is 479 g/mol. The first-order valence-electron chi connectivity index (χ1n) is 10.6. The zero-order valence-electron chi connectivity index (χ0n) is 18.8. The number of benzene rings is 1. The van der Waals surface area contributed by atoms with Gasteiger partial charge >= 0.3 is 5.91 Å². The molecule has 180 valence electrons. The summed E-state index contributed by atoms with van der Waals surface area (Å²) in [6.45, 7) is 3.31. The first kappa shape index (κ1) is 23.4. The van der Waals surface area contributed by atoms with E-state index in [1.54, 1.807) is 13.8 Å². The number of furan rings is 2. The number of hydrogen-bond donors (Lipinski definition) is 3. The van der Waals surface area contributed by atoms with Crippen LogP contribution >= 0.6 is 0 Å². The van der Waals surface area contributed by atoms with Gasteiger partial charge in [0.05, 0.1) is 22.5 Å². The lowest BCUT2D eigenvalue weighted by molar-refractivity contribution is -0.384. The minimum Gasteiger partial charge on any atom is -0.469 e. The van der Waals surface area contributed by atoms with E-state index in [-0.39, 0.29) is 22.6 Å². The van der Waals surface area contributed by atoms with Gasteiger partial charge in [0.15, 0.2) is 5.76 Å². The van der Waals surface area contributed by atoms with Gasteiger partial charge in [0.2, 0.25) is 0 Å². The van der Waals surface area contributed by atoms with E-state index in [0.29, 0.717) is 47.6 Å². The molecule has 35 heavy (non-hydrogen) atoms. The maximum absolute atomic E-state index is 12.7. The van der Waals surface area contributed by atoms with Gasteiger partial charge < -0.3 is 8.83 Å². The van der Waals surface area contributed by atoms with Crippen LogP contribution in [0, 0.1) is 24.0 Å². The van der Waals surface area contributed by atoms with Crippen LogP contribution in [0.15, 0.2) is 50.5 Å². The number of amides is 3. The van der Waals surface area contributed by atoms with E-state index < -0.39 is 22.6 Å². The maximum Gasteiger partial charge on any atom is 0.305 e. The Hall–Kier alpha value is -4.74. The van der Waals surface area contributed by atoms with E-state index in [1.165, 1.54) is 30.5 Å². The third-order valence-electron chi connectivity index (χ3n) is 5.54. The van der Waals surface area contributed by atoms with Crippen LogP contribution in [-0.4, -0.2) is 28.4 Å². The fourth-order valence-electron chi connectivity index (χ4n) is 3.80. The SMILES string of the molecule is Cc1occc1C(=O)NNC(=O)c1oc2c(c1C)/C(=N/NC(=O)c1cccc([N+](=O)[O-])c1)CCC2. The molecule has 3 amide bonds. The lowest BCUT2D eigenvalue weighted by Gasteiger charge is -2.13.